The highest BCUT2D eigenvalue weighted by Crippen LogP contribution is 2.36. The molecule has 2 nitrogen and oxygen atoms in total. The molecule has 0 saturated carbocycles. The lowest BCUT2D eigenvalue weighted by molar-refractivity contribution is 0.415. The van der Waals surface area contributed by atoms with E-state index >= 15 is 0 Å². The Bertz CT molecular complexity index is 337. The van der Waals surface area contributed by atoms with Crippen LogP contribution in [0.1, 0.15) is 11.6 Å². The number of methoxy groups -OCH3 is 1. The minimum Gasteiger partial charge on any atom is -0.495 e. The van der Waals surface area contributed by atoms with Gasteiger partial charge in [0.25, 0.3) is 0 Å². The molecule has 4 heteroatoms. The van der Waals surface area contributed by atoms with E-state index in [4.69, 9.17) is 27.9 Å². The molecule has 0 radical (unpaired) electrons. The Morgan fingerprint density at radius 1 is 1.38 bits per heavy atom. The van der Waals surface area contributed by atoms with Crippen LogP contribution in [0.15, 0.2) is 12.1 Å². The standard InChI is InChI=1S/C9H9Cl2NO/c1-13-9-3-6(10)5(2-7(9)11)8-4-12-8/h2-3,8,12H,4H2,1H3. The van der Waals surface area contributed by atoms with Crippen LogP contribution in [0.25, 0.3) is 0 Å². The summed E-state index contributed by atoms with van der Waals surface area (Å²) in [6.07, 6.45) is 0. The third-order valence-electron chi connectivity index (χ3n) is 2.05. The number of nitrogens with one attached hydrogen (secondary N) is 1. The van der Waals surface area contributed by atoms with Gasteiger partial charge in [0.05, 0.1) is 12.1 Å². The first-order valence-corrected chi connectivity index (χ1v) is 4.74. The molecule has 0 spiro atoms. The molecule has 1 aliphatic rings. The van der Waals surface area contributed by atoms with Gasteiger partial charge in [-0.3, -0.25) is 0 Å². The molecule has 1 heterocycles. The maximum atomic E-state index is 6.04. The van der Waals surface area contributed by atoms with E-state index in [-0.39, 0.29) is 0 Å². The molecule has 1 aromatic carbocycles. The Labute approximate surface area is 86.8 Å². The van der Waals surface area contributed by atoms with Crippen molar-refractivity contribution in [1.29, 1.82) is 0 Å². The molecule has 70 valence electrons. The lowest BCUT2D eigenvalue weighted by Gasteiger charge is -2.06. The van der Waals surface area contributed by atoms with Crippen LogP contribution in [0.5, 0.6) is 5.75 Å². The van der Waals surface area contributed by atoms with Crippen LogP contribution >= 0.6 is 23.2 Å². The van der Waals surface area contributed by atoms with Gasteiger partial charge in [0.2, 0.25) is 0 Å². The summed E-state index contributed by atoms with van der Waals surface area (Å²) in [7, 11) is 1.58. The third kappa shape index (κ3) is 1.75. The summed E-state index contributed by atoms with van der Waals surface area (Å²) in [6, 6.07) is 3.97. The minimum atomic E-state index is 0.371. The van der Waals surface area contributed by atoms with Crippen LogP contribution in [0, 0.1) is 0 Å². The molecule has 13 heavy (non-hydrogen) atoms. The number of benzene rings is 1. The van der Waals surface area contributed by atoms with E-state index in [0.717, 1.165) is 12.1 Å². The van der Waals surface area contributed by atoms with Crippen LogP contribution in [0.4, 0.5) is 0 Å². The van der Waals surface area contributed by atoms with Gasteiger partial charge in [-0.1, -0.05) is 23.2 Å². The molecule has 1 aliphatic heterocycles. The monoisotopic (exact) mass is 217 g/mol. The lowest BCUT2D eigenvalue weighted by atomic mass is 10.1. The summed E-state index contributed by atoms with van der Waals surface area (Å²) in [5.41, 5.74) is 1.05. The molecule has 0 amide bonds. The maximum absolute atomic E-state index is 6.04. The summed E-state index contributed by atoms with van der Waals surface area (Å²) in [5, 5.41) is 4.48. The van der Waals surface area contributed by atoms with Gasteiger partial charge in [-0.25, -0.2) is 0 Å². The Morgan fingerprint density at radius 3 is 2.62 bits per heavy atom. The molecule has 0 bridgehead atoms. The van der Waals surface area contributed by atoms with Crippen LogP contribution in [-0.2, 0) is 0 Å². The number of rotatable bonds is 2. The second kappa shape index (κ2) is 3.37. The third-order valence-corrected chi connectivity index (χ3v) is 2.68. The van der Waals surface area contributed by atoms with E-state index < -0.39 is 0 Å². The Morgan fingerprint density at radius 2 is 2.08 bits per heavy atom. The van der Waals surface area contributed by atoms with E-state index in [9.17, 15) is 0 Å². The summed E-state index contributed by atoms with van der Waals surface area (Å²) >= 11 is 12.0. The number of hydrogen-bond donors (Lipinski definition) is 1. The van der Waals surface area contributed by atoms with Gasteiger partial charge >= 0.3 is 0 Å². The average molecular weight is 218 g/mol. The Kier molecular flexibility index (Phi) is 2.37. The lowest BCUT2D eigenvalue weighted by Crippen LogP contribution is -1.90. The van der Waals surface area contributed by atoms with Gasteiger partial charge in [0.15, 0.2) is 0 Å². The van der Waals surface area contributed by atoms with Gasteiger partial charge in [0, 0.05) is 23.7 Å². The smallest absolute Gasteiger partial charge is 0.138 e. The summed E-state index contributed by atoms with van der Waals surface area (Å²) in [6.45, 7) is 0.975. The van der Waals surface area contributed by atoms with E-state index in [1.54, 1.807) is 13.2 Å². The van der Waals surface area contributed by atoms with Crippen molar-refractivity contribution >= 4 is 23.2 Å². The highest BCUT2D eigenvalue weighted by atomic mass is 35.5. The molecule has 0 aliphatic carbocycles. The average Bonchev–Trinajstić information content (AvgIpc) is 2.91. The van der Waals surface area contributed by atoms with E-state index in [1.165, 1.54) is 0 Å². The molecule has 1 fully saturated rings. The fourth-order valence-electron chi connectivity index (χ4n) is 1.25. The molecule has 1 atom stereocenters. The van der Waals surface area contributed by atoms with Crippen molar-refractivity contribution in [3.05, 3.63) is 27.7 Å². The molecular formula is C9H9Cl2NO. The normalized spacial score (nSPS) is 20.1. The van der Waals surface area contributed by atoms with Crippen molar-refractivity contribution in [2.24, 2.45) is 0 Å². The van der Waals surface area contributed by atoms with Crippen molar-refractivity contribution in [2.75, 3.05) is 13.7 Å². The fraction of sp³-hybridized carbons (Fsp3) is 0.333. The Balaban J connectivity index is 2.42. The van der Waals surface area contributed by atoms with Gasteiger partial charge < -0.3 is 10.1 Å². The number of hydrogen-bond acceptors (Lipinski definition) is 2. The quantitative estimate of drug-likeness (QED) is 0.773. The van der Waals surface area contributed by atoms with E-state index in [2.05, 4.69) is 5.32 Å². The van der Waals surface area contributed by atoms with Crippen LogP contribution in [-0.4, -0.2) is 13.7 Å². The molecule has 2 rings (SSSR count). The second-order valence-electron chi connectivity index (χ2n) is 2.97. The SMILES string of the molecule is COc1cc(Cl)c(C2CN2)cc1Cl. The van der Waals surface area contributed by atoms with E-state index in [1.807, 2.05) is 6.07 Å². The molecule has 0 aromatic heterocycles. The largest absolute Gasteiger partial charge is 0.495 e. The zero-order chi connectivity index (χ0) is 9.42. The van der Waals surface area contributed by atoms with Crippen molar-refractivity contribution in [1.82, 2.24) is 5.32 Å². The zero-order valence-electron chi connectivity index (χ0n) is 7.10. The summed E-state index contributed by atoms with van der Waals surface area (Å²) < 4.78 is 5.04. The van der Waals surface area contributed by atoms with E-state index in [0.29, 0.717) is 21.8 Å². The highest BCUT2D eigenvalue weighted by Gasteiger charge is 2.25. The second-order valence-corrected chi connectivity index (χ2v) is 3.78. The molecular weight excluding hydrogens is 209 g/mol. The zero-order valence-corrected chi connectivity index (χ0v) is 8.62. The predicted molar refractivity (Wildman–Crippen MR) is 53.8 cm³/mol. The van der Waals surface area contributed by atoms with Crippen molar-refractivity contribution < 1.29 is 4.74 Å². The van der Waals surface area contributed by atoms with Crippen molar-refractivity contribution in [3.63, 3.8) is 0 Å². The topological polar surface area (TPSA) is 31.2 Å². The van der Waals surface area contributed by atoms with Crippen molar-refractivity contribution in [3.8, 4) is 5.75 Å². The van der Waals surface area contributed by atoms with Crippen LogP contribution in [0.3, 0.4) is 0 Å². The first-order chi connectivity index (χ1) is 6.22. The molecule has 1 saturated heterocycles. The minimum absolute atomic E-state index is 0.371. The number of halogens is 2. The molecule has 1 aromatic rings. The first kappa shape index (κ1) is 9.13. The van der Waals surface area contributed by atoms with Crippen LogP contribution < -0.4 is 10.1 Å². The number of ether oxygens (including phenoxy) is 1. The van der Waals surface area contributed by atoms with Crippen molar-refractivity contribution in [2.45, 2.75) is 6.04 Å². The Hall–Kier alpha value is -0.440. The van der Waals surface area contributed by atoms with Gasteiger partial charge in [-0.2, -0.15) is 0 Å². The molecule has 1 unspecified atom stereocenters. The van der Waals surface area contributed by atoms with Gasteiger partial charge in [0.1, 0.15) is 5.75 Å². The summed E-state index contributed by atoms with van der Waals surface area (Å²) in [5.74, 6) is 0.621. The van der Waals surface area contributed by atoms with Crippen LogP contribution in [0.2, 0.25) is 10.0 Å². The first-order valence-electron chi connectivity index (χ1n) is 3.98. The maximum Gasteiger partial charge on any atom is 0.138 e. The molecule has 1 N–H and O–H groups in total. The summed E-state index contributed by atoms with van der Waals surface area (Å²) in [4.78, 5) is 0. The van der Waals surface area contributed by atoms with Gasteiger partial charge in [-0.15, -0.1) is 0 Å². The predicted octanol–water partition coefficient (Wildman–Crippen LogP) is 2.65. The highest BCUT2D eigenvalue weighted by molar-refractivity contribution is 6.34. The van der Waals surface area contributed by atoms with Gasteiger partial charge in [-0.05, 0) is 11.6 Å². The fourth-order valence-corrected chi connectivity index (χ4v) is 1.78.